The van der Waals surface area contributed by atoms with Gasteiger partial charge in [-0.3, -0.25) is 4.79 Å². The molecule has 0 spiro atoms. The van der Waals surface area contributed by atoms with E-state index in [1.807, 2.05) is 0 Å². The van der Waals surface area contributed by atoms with Gasteiger partial charge in [0.25, 0.3) is 0 Å². The van der Waals surface area contributed by atoms with Gasteiger partial charge in [0, 0.05) is 6.54 Å². The number of rotatable bonds is 4. The average molecular weight is 151 g/mol. The summed E-state index contributed by atoms with van der Waals surface area (Å²) in [6.07, 6.45) is -0.905. The van der Waals surface area contributed by atoms with Gasteiger partial charge in [0.2, 0.25) is 0 Å². The van der Waals surface area contributed by atoms with Gasteiger partial charge in [0.1, 0.15) is 6.17 Å². The number of nitrogens with one attached hydrogen (secondary N) is 1. The minimum Gasteiger partial charge on any atom is -0.306 e. The molecule has 2 nitrogen and oxygen atoms in total. The Morgan fingerprint density at radius 3 is 2.78 bits per heavy atom. The van der Waals surface area contributed by atoms with Gasteiger partial charge >= 0.3 is 0 Å². The third kappa shape index (κ3) is 7.91. The van der Waals surface area contributed by atoms with Crippen LogP contribution in [0.1, 0.15) is 6.92 Å². The highest BCUT2D eigenvalue weighted by atomic mass is 32.1. The third-order valence-corrected chi connectivity index (χ3v) is 0.860. The quantitative estimate of drug-likeness (QED) is 0.569. The molecule has 0 radical (unpaired) electrons. The fourth-order valence-electron chi connectivity index (χ4n) is 0.378. The Hall–Kier alpha value is -0.0900. The van der Waals surface area contributed by atoms with Crippen LogP contribution in [0.15, 0.2) is 0 Å². The topological polar surface area (TPSA) is 29.1 Å². The van der Waals surface area contributed by atoms with Gasteiger partial charge in [-0.15, -0.1) is 12.6 Å². The second-order valence-corrected chi connectivity index (χ2v) is 2.30. The summed E-state index contributed by atoms with van der Waals surface area (Å²) in [6.45, 7) is 1.78. The van der Waals surface area contributed by atoms with Crippen molar-refractivity contribution in [3.05, 3.63) is 0 Å². The summed E-state index contributed by atoms with van der Waals surface area (Å²) >= 11 is 3.48. The van der Waals surface area contributed by atoms with E-state index >= 15 is 0 Å². The third-order valence-electron chi connectivity index (χ3n) is 0.702. The van der Waals surface area contributed by atoms with Crippen molar-refractivity contribution in [2.24, 2.45) is 0 Å². The van der Waals surface area contributed by atoms with E-state index in [0.29, 0.717) is 0 Å². The molecule has 4 heteroatoms. The summed E-state index contributed by atoms with van der Waals surface area (Å²) in [5.41, 5.74) is 0. The Balaban J connectivity index is 3.01. The molecule has 0 saturated carbocycles. The molecule has 0 aromatic carbocycles. The number of thiol groups is 1. The first kappa shape index (κ1) is 8.91. The molecule has 0 aromatic rings. The van der Waals surface area contributed by atoms with Crippen molar-refractivity contribution in [3.63, 3.8) is 0 Å². The summed E-state index contributed by atoms with van der Waals surface area (Å²) < 4.78 is 12.0. The lowest BCUT2D eigenvalue weighted by Crippen LogP contribution is -2.25. The maximum Gasteiger partial charge on any atom is 0.199 e. The normalized spacial score (nSPS) is 13.2. The van der Waals surface area contributed by atoms with E-state index in [1.165, 1.54) is 6.92 Å². The van der Waals surface area contributed by atoms with Gasteiger partial charge in [0.15, 0.2) is 5.12 Å². The van der Waals surface area contributed by atoms with E-state index in [1.54, 1.807) is 0 Å². The van der Waals surface area contributed by atoms with E-state index in [-0.39, 0.29) is 18.2 Å². The van der Waals surface area contributed by atoms with Crippen LogP contribution < -0.4 is 5.32 Å². The molecule has 0 aromatic heterocycles. The molecule has 0 amide bonds. The van der Waals surface area contributed by atoms with E-state index in [9.17, 15) is 9.18 Å². The van der Waals surface area contributed by atoms with E-state index < -0.39 is 6.17 Å². The Morgan fingerprint density at radius 2 is 2.44 bits per heavy atom. The summed E-state index contributed by atoms with van der Waals surface area (Å²) in [7, 11) is 0. The van der Waals surface area contributed by atoms with Crippen molar-refractivity contribution in [1.29, 1.82) is 0 Å². The standard InChI is InChI=1S/C5H10FNOS/c1-4(6)2-7-3-5(8)9/h4,7H,2-3H2,1H3,(H,8,9). The zero-order valence-corrected chi connectivity index (χ0v) is 6.12. The molecule has 0 aliphatic heterocycles. The zero-order valence-electron chi connectivity index (χ0n) is 5.22. The summed E-state index contributed by atoms with van der Waals surface area (Å²) in [5.74, 6) is 0. The number of hydrogen-bond acceptors (Lipinski definition) is 2. The van der Waals surface area contributed by atoms with Gasteiger partial charge in [-0.25, -0.2) is 4.39 Å². The van der Waals surface area contributed by atoms with Crippen molar-refractivity contribution in [2.75, 3.05) is 13.1 Å². The van der Waals surface area contributed by atoms with Crippen molar-refractivity contribution in [1.82, 2.24) is 5.32 Å². The monoisotopic (exact) mass is 151 g/mol. The van der Waals surface area contributed by atoms with Crippen LogP contribution in [0, 0.1) is 0 Å². The first-order valence-electron chi connectivity index (χ1n) is 2.69. The van der Waals surface area contributed by atoms with Crippen LogP contribution in [-0.2, 0) is 4.79 Å². The highest BCUT2D eigenvalue weighted by Gasteiger charge is 1.97. The maximum absolute atomic E-state index is 12.0. The molecule has 1 atom stereocenters. The summed E-state index contributed by atoms with van der Waals surface area (Å²) in [5, 5.41) is 2.32. The highest BCUT2D eigenvalue weighted by molar-refractivity contribution is 7.96. The molecule has 9 heavy (non-hydrogen) atoms. The molecule has 0 aliphatic carbocycles. The maximum atomic E-state index is 12.0. The molecular formula is C5H10FNOS. The van der Waals surface area contributed by atoms with Crippen LogP contribution in [0.5, 0.6) is 0 Å². The average Bonchev–Trinajstić information content (AvgIpc) is 1.63. The predicted molar refractivity (Wildman–Crippen MR) is 37.4 cm³/mol. The molecule has 0 heterocycles. The number of alkyl halides is 1. The minimum atomic E-state index is -0.905. The number of hydrogen-bond donors (Lipinski definition) is 2. The predicted octanol–water partition coefficient (Wildman–Crippen LogP) is 0.390. The van der Waals surface area contributed by atoms with Crippen LogP contribution in [-0.4, -0.2) is 24.4 Å². The molecule has 0 fully saturated rings. The van der Waals surface area contributed by atoms with Crippen molar-refractivity contribution < 1.29 is 9.18 Å². The van der Waals surface area contributed by atoms with Gasteiger partial charge in [-0.1, -0.05) is 0 Å². The molecule has 0 aliphatic rings. The van der Waals surface area contributed by atoms with Crippen LogP contribution in [0.2, 0.25) is 0 Å². The molecule has 0 rings (SSSR count). The number of carbonyl (C=O) groups excluding carboxylic acids is 1. The Labute approximate surface area is 59.2 Å². The highest BCUT2D eigenvalue weighted by Crippen LogP contribution is 1.83. The molecule has 54 valence electrons. The lowest BCUT2D eigenvalue weighted by atomic mass is 10.4. The largest absolute Gasteiger partial charge is 0.306 e. The van der Waals surface area contributed by atoms with Crippen LogP contribution >= 0.6 is 12.6 Å². The molecule has 0 bridgehead atoms. The van der Waals surface area contributed by atoms with Gasteiger partial charge in [-0.2, -0.15) is 0 Å². The molecule has 1 unspecified atom stereocenters. The summed E-state index contributed by atoms with van der Waals surface area (Å²) in [6, 6.07) is 0. The zero-order chi connectivity index (χ0) is 7.28. The molecule has 1 N–H and O–H groups in total. The first-order valence-corrected chi connectivity index (χ1v) is 3.14. The van der Waals surface area contributed by atoms with Gasteiger partial charge < -0.3 is 5.32 Å². The van der Waals surface area contributed by atoms with Gasteiger partial charge in [-0.05, 0) is 6.92 Å². The number of carbonyl (C=O) groups is 1. The van der Waals surface area contributed by atoms with Crippen LogP contribution in [0.4, 0.5) is 4.39 Å². The molecule has 0 saturated heterocycles. The van der Waals surface area contributed by atoms with Crippen molar-refractivity contribution in [2.45, 2.75) is 13.1 Å². The Kier molecular flexibility index (Phi) is 4.71. The van der Waals surface area contributed by atoms with Crippen molar-refractivity contribution >= 4 is 17.7 Å². The van der Waals surface area contributed by atoms with E-state index in [4.69, 9.17) is 0 Å². The fourth-order valence-corrected chi connectivity index (χ4v) is 0.490. The lowest BCUT2D eigenvalue weighted by molar-refractivity contribution is -0.110. The SMILES string of the molecule is CC(F)CNCC(=O)S. The van der Waals surface area contributed by atoms with Crippen molar-refractivity contribution in [3.8, 4) is 0 Å². The van der Waals surface area contributed by atoms with Crippen LogP contribution in [0.3, 0.4) is 0 Å². The minimum absolute atomic E-state index is 0.136. The Morgan fingerprint density at radius 1 is 1.89 bits per heavy atom. The summed E-state index contributed by atoms with van der Waals surface area (Å²) in [4.78, 5) is 10.1. The Bertz CT molecular complexity index is 97.0. The smallest absolute Gasteiger partial charge is 0.199 e. The second kappa shape index (κ2) is 4.76. The second-order valence-electron chi connectivity index (χ2n) is 1.81. The van der Waals surface area contributed by atoms with Gasteiger partial charge in [0.05, 0.1) is 6.54 Å². The van der Waals surface area contributed by atoms with E-state index in [0.717, 1.165) is 0 Å². The number of halogens is 1. The fraction of sp³-hybridized carbons (Fsp3) is 0.800. The van der Waals surface area contributed by atoms with E-state index in [2.05, 4.69) is 17.9 Å². The molecular weight excluding hydrogens is 141 g/mol. The lowest BCUT2D eigenvalue weighted by Gasteiger charge is -2.00. The van der Waals surface area contributed by atoms with Crippen LogP contribution in [0.25, 0.3) is 0 Å². The first-order chi connectivity index (χ1) is 4.13.